The predicted molar refractivity (Wildman–Crippen MR) is 142 cm³/mol. The first-order valence-electron chi connectivity index (χ1n) is 12.3. The van der Waals surface area contributed by atoms with Gasteiger partial charge in [-0.05, 0) is 61.7 Å². The van der Waals surface area contributed by atoms with Gasteiger partial charge in [-0.1, -0.05) is 24.3 Å². The number of amides is 1. The summed E-state index contributed by atoms with van der Waals surface area (Å²) in [4.78, 5) is 22.3. The Labute approximate surface area is 214 Å². The van der Waals surface area contributed by atoms with Crippen molar-refractivity contribution < 1.29 is 14.3 Å². The molecule has 2 aliphatic rings. The third kappa shape index (κ3) is 4.87. The first-order valence-corrected chi connectivity index (χ1v) is 13.1. The van der Waals surface area contributed by atoms with Gasteiger partial charge in [-0.3, -0.25) is 4.79 Å². The molecule has 0 radical (unpaired) electrons. The van der Waals surface area contributed by atoms with Gasteiger partial charge in [0.05, 0.1) is 17.6 Å². The summed E-state index contributed by atoms with van der Waals surface area (Å²) < 4.78 is 14.5. The SMILES string of the molecule is [C-]#[N+]c1ccc(-c2cc(C(=O)N3CCCC(NC)C3)sc2-c2ccc(N3CCC(O)C3)cc2)cc1F. The quantitative estimate of drug-likeness (QED) is 0.471. The molecule has 0 bridgehead atoms. The Kier molecular flexibility index (Phi) is 7.06. The lowest BCUT2D eigenvalue weighted by atomic mass is 10.0. The highest BCUT2D eigenvalue weighted by molar-refractivity contribution is 7.18. The van der Waals surface area contributed by atoms with Crippen molar-refractivity contribution in [3.05, 3.63) is 70.6 Å². The number of thiophene rings is 1. The summed E-state index contributed by atoms with van der Waals surface area (Å²) in [6, 6.07) is 14.9. The minimum Gasteiger partial charge on any atom is -0.391 e. The summed E-state index contributed by atoms with van der Waals surface area (Å²) in [7, 11) is 1.92. The normalized spacial score (nSPS) is 19.9. The van der Waals surface area contributed by atoms with E-state index in [1.54, 1.807) is 6.07 Å². The molecule has 2 fully saturated rings. The molecular weight excluding hydrogens is 475 g/mol. The molecule has 2 unspecified atom stereocenters. The number of likely N-dealkylation sites (N-methyl/N-ethyl adjacent to an activating group) is 1. The first kappa shape index (κ1) is 24.4. The fourth-order valence-electron chi connectivity index (χ4n) is 5.04. The molecule has 2 aliphatic heterocycles. The predicted octanol–water partition coefficient (Wildman–Crippen LogP) is 5.17. The average Bonchev–Trinajstić information content (AvgIpc) is 3.55. The Morgan fingerprint density at radius 2 is 1.89 bits per heavy atom. The number of carbonyl (C=O) groups is 1. The highest BCUT2D eigenvalue weighted by Gasteiger charge is 2.27. The molecule has 2 saturated heterocycles. The van der Waals surface area contributed by atoms with Crippen molar-refractivity contribution in [3.8, 4) is 21.6 Å². The van der Waals surface area contributed by atoms with Crippen LogP contribution in [0.25, 0.3) is 26.4 Å². The number of nitrogens with one attached hydrogen (secondary N) is 1. The lowest BCUT2D eigenvalue weighted by molar-refractivity contribution is 0.0703. The highest BCUT2D eigenvalue weighted by atomic mass is 32.1. The summed E-state index contributed by atoms with van der Waals surface area (Å²) in [6.45, 7) is 10.00. The van der Waals surface area contributed by atoms with Gasteiger partial charge in [0.2, 0.25) is 5.69 Å². The zero-order valence-electron chi connectivity index (χ0n) is 20.2. The molecule has 2 atom stereocenters. The fraction of sp³-hybridized carbons (Fsp3) is 0.357. The van der Waals surface area contributed by atoms with Gasteiger partial charge in [-0.2, -0.15) is 0 Å². The molecule has 3 aromatic rings. The van der Waals surface area contributed by atoms with E-state index >= 15 is 0 Å². The Balaban J connectivity index is 1.52. The Hall–Kier alpha value is -3.25. The molecule has 8 heteroatoms. The summed E-state index contributed by atoms with van der Waals surface area (Å²) in [6.07, 6.45) is 2.47. The van der Waals surface area contributed by atoms with Crippen LogP contribution in [-0.4, -0.2) is 61.3 Å². The number of β-amino-alcohol motifs (C(OH)–C–C–N with tert-alkyl or cyclic N) is 1. The van der Waals surface area contributed by atoms with E-state index in [9.17, 15) is 14.3 Å². The number of aliphatic hydroxyl groups excluding tert-OH is 1. The number of carbonyl (C=O) groups excluding carboxylic acids is 1. The van der Waals surface area contributed by atoms with Crippen molar-refractivity contribution in [2.75, 3.05) is 38.1 Å². The number of piperidine rings is 1. The van der Waals surface area contributed by atoms with Crippen LogP contribution in [-0.2, 0) is 0 Å². The molecule has 0 aliphatic carbocycles. The van der Waals surface area contributed by atoms with Crippen LogP contribution in [0, 0.1) is 12.4 Å². The van der Waals surface area contributed by atoms with E-state index < -0.39 is 5.82 Å². The van der Waals surface area contributed by atoms with E-state index in [1.807, 2.05) is 42.3 Å². The molecule has 0 spiro atoms. The van der Waals surface area contributed by atoms with Crippen LogP contribution in [0.2, 0.25) is 0 Å². The van der Waals surface area contributed by atoms with Crippen LogP contribution in [0.4, 0.5) is 15.8 Å². The third-order valence-electron chi connectivity index (χ3n) is 7.10. The molecule has 186 valence electrons. The van der Waals surface area contributed by atoms with Gasteiger partial charge in [0.1, 0.15) is 5.82 Å². The van der Waals surface area contributed by atoms with Gasteiger partial charge in [0.15, 0.2) is 0 Å². The lowest BCUT2D eigenvalue weighted by Crippen LogP contribution is -2.46. The minimum absolute atomic E-state index is 0.00613. The lowest BCUT2D eigenvalue weighted by Gasteiger charge is -2.32. The summed E-state index contributed by atoms with van der Waals surface area (Å²) in [5.74, 6) is -0.572. The summed E-state index contributed by atoms with van der Waals surface area (Å²) in [5, 5.41) is 13.2. The van der Waals surface area contributed by atoms with Crippen LogP contribution in [0.5, 0.6) is 0 Å². The van der Waals surface area contributed by atoms with Crippen LogP contribution in [0.15, 0.2) is 48.5 Å². The summed E-state index contributed by atoms with van der Waals surface area (Å²) >= 11 is 1.42. The smallest absolute Gasteiger partial charge is 0.264 e. The zero-order valence-corrected chi connectivity index (χ0v) is 21.0. The van der Waals surface area contributed by atoms with E-state index in [1.165, 1.54) is 23.5 Å². The molecule has 3 heterocycles. The maximum Gasteiger partial charge on any atom is 0.264 e. The van der Waals surface area contributed by atoms with Crippen molar-refractivity contribution in [1.29, 1.82) is 0 Å². The van der Waals surface area contributed by atoms with E-state index in [4.69, 9.17) is 6.57 Å². The van der Waals surface area contributed by atoms with Crippen LogP contribution in [0.1, 0.15) is 28.9 Å². The molecule has 1 amide bonds. The molecule has 6 nitrogen and oxygen atoms in total. The number of rotatable bonds is 5. The number of halogens is 1. The van der Waals surface area contributed by atoms with Gasteiger partial charge in [-0.15, -0.1) is 11.3 Å². The number of aliphatic hydroxyl groups is 1. The second-order valence-corrected chi connectivity index (χ2v) is 10.5. The molecule has 5 rings (SSSR count). The van der Waals surface area contributed by atoms with Crippen molar-refractivity contribution in [3.63, 3.8) is 0 Å². The molecule has 2 aromatic carbocycles. The average molecular weight is 505 g/mol. The largest absolute Gasteiger partial charge is 0.391 e. The van der Waals surface area contributed by atoms with Gasteiger partial charge in [-0.25, -0.2) is 9.24 Å². The number of likely N-dealkylation sites (tertiary alicyclic amines) is 1. The van der Waals surface area contributed by atoms with E-state index in [2.05, 4.69) is 15.1 Å². The zero-order chi connectivity index (χ0) is 25.2. The topological polar surface area (TPSA) is 60.2 Å². The second kappa shape index (κ2) is 10.4. The molecular formula is C28H29FN4O2S. The molecule has 2 N–H and O–H groups in total. The molecule has 36 heavy (non-hydrogen) atoms. The van der Waals surface area contributed by atoms with Gasteiger partial charge < -0.3 is 20.2 Å². The first-order chi connectivity index (χ1) is 17.5. The van der Waals surface area contributed by atoms with Crippen LogP contribution in [0.3, 0.4) is 0 Å². The van der Waals surface area contributed by atoms with Crippen molar-refractivity contribution in [1.82, 2.24) is 10.2 Å². The maximum atomic E-state index is 14.5. The monoisotopic (exact) mass is 504 g/mol. The molecule has 0 saturated carbocycles. The fourth-order valence-corrected chi connectivity index (χ4v) is 6.20. The number of hydrogen-bond donors (Lipinski definition) is 2. The van der Waals surface area contributed by atoms with Crippen molar-refractivity contribution >= 4 is 28.6 Å². The number of benzene rings is 2. The summed E-state index contributed by atoms with van der Waals surface area (Å²) in [5.41, 5.74) is 3.40. The standard InChI is InChI=1S/C28H29FN4O2S/c1-30-20-4-3-12-33(16-20)28(35)26-15-23(19-7-10-25(31-2)24(29)14-19)27(36-26)18-5-8-21(9-6-18)32-13-11-22(34)17-32/h5-10,14-15,20,22,30,34H,3-4,11-13,16-17H2,1H3. The molecule has 1 aromatic heterocycles. The number of anilines is 1. The van der Waals surface area contributed by atoms with Gasteiger partial charge in [0, 0.05) is 48.3 Å². The van der Waals surface area contributed by atoms with Crippen molar-refractivity contribution in [2.24, 2.45) is 0 Å². The van der Waals surface area contributed by atoms with E-state index in [0.717, 1.165) is 54.0 Å². The number of nitrogens with zero attached hydrogens (tertiary/aromatic N) is 3. The van der Waals surface area contributed by atoms with Crippen LogP contribution >= 0.6 is 11.3 Å². The Morgan fingerprint density at radius 1 is 1.11 bits per heavy atom. The van der Waals surface area contributed by atoms with Crippen molar-refractivity contribution in [2.45, 2.75) is 31.4 Å². The Morgan fingerprint density at radius 3 is 2.56 bits per heavy atom. The maximum absolute atomic E-state index is 14.5. The Bertz CT molecular complexity index is 1300. The van der Waals surface area contributed by atoms with Gasteiger partial charge in [0.25, 0.3) is 5.91 Å². The highest BCUT2D eigenvalue weighted by Crippen LogP contribution is 2.41. The van der Waals surface area contributed by atoms with E-state index in [-0.39, 0.29) is 23.7 Å². The van der Waals surface area contributed by atoms with Gasteiger partial charge >= 0.3 is 0 Å². The third-order valence-corrected chi connectivity index (χ3v) is 8.27. The number of hydrogen-bond acceptors (Lipinski definition) is 5. The van der Waals surface area contributed by atoms with E-state index in [0.29, 0.717) is 23.5 Å². The second-order valence-electron chi connectivity index (χ2n) is 9.45. The minimum atomic E-state index is -0.566. The van der Waals surface area contributed by atoms with Crippen LogP contribution < -0.4 is 10.2 Å².